The Hall–Kier alpha value is -2.38. The number of anilines is 1. The number of aliphatic hydroxyl groups is 1. The second-order valence-corrected chi connectivity index (χ2v) is 7.52. The van der Waals surface area contributed by atoms with Gasteiger partial charge in [0.1, 0.15) is 6.26 Å². The standard InChI is InChI=1S/C21H26N2O5/c1-2-26-19(25)17-14-27-20(22-17)23-10-8-21(9-11-23)13-16(24)12-18(28-21)15-6-4-3-5-7-15/h3-7,14,16,18,24H,2,8-13H2,1H3/t16-,18+/m0/s1. The number of piperidine rings is 1. The molecule has 0 saturated carbocycles. The van der Waals surface area contributed by atoms with E-state index in [4.69, 9.17) is 13.9 Å². The first-order valence-corrected chi connectivity index (χ1v) is 9.87. The minimum absolute atomic E-state index is 0.0892. The molecule has 28 heavy (non-hydrogen) atoms. The minimum Gasteiger partial charge on any atom is -0.461 e. The number of aromatic nitrogens is 1. The van der Waals surface area contributed by atoms with Gasteiger partial charge in [-0.05, 0) is 25.3 Å². The summed E-state index contributed by atoms with van der Waals surface area (Å²) in [6.07, 6.45) is 3.68. The molecule has 0 amide bonds. The number of hydrogen-bond donors (Lipinski definition) is 1. The molecular weight excluding hydrogens is 360 g/mol. The van der Waals surface area contributed by atoms with Gasteiger partial charge >= 0.3 is 5.97 Å². The Morgan fingerprint density at radius 2 is 2.07 bits per heavy atom. The molecule has 2 saturated heterocycles. The largest absolute Gasteiger partial charge is 0.461 e. The third-order valence-electron chi connectivity index (χ3n) is 5.58. The molecule has 0 unspecified atom stereocenters. The highest BCUT2D eigenvalue weighted by Gasteiger charge is 2.44. The van der Waals surface area contributed by atoms with Gasteiger partial charge in [0.05, 0.1) is 24.4 Å². The van der Waals surface area contributed by atoms with E-state index in [1.807, 2.05) is 23.1 Å². The first-order chi connectivity index (χ1) is 13.6. The Morgan fingerprint density at radius 3 is 2.79 bits per heavy atom. The fourth-order valence-electron chi connectivity index (χ4n) is 4.17. The number of aliphatic hydroxyl groups excluding tert-OH is 1. The number of rotatable bonds is 4. The van der Waals surface area contributed by atoms with Crippen molar-refractivity contribution in [3.63, 3.8) is 0 Å². The summed E-state index contributed by atoms with van der Waals surface area (Å²) in [6.45, 7) is 3.44. The van der Waals surface area contributed by atoms with E-state index in [0.717, 1.165) is 18.4 Å². The van der Waals surface area contributed by atoms with Gasteiger partial charge in [0.25, 0.3) is 6.01 Å². The molecule has 2 atom stereocenters. The van der Waals surface area contributed by atoms with Crippen molar-refractivity contribution in [2.45, 2.75) is 50.4 Å². The van der Waals surface area contributed by atoms with Crippen LogP contribution in [0.1, 0.15) is 54.8 Å². The smallest absolute Gasteiger partial charge is 0.360 e. The van der Waals surface area contributed by atoms with Crippen molar-refractivity contribution in [2.24, 2.45) is 0 Å². The van der Waals surface area contributed by atoms with Crippen molar-refractivity contribution >= 4 is 12.0 Å². The normalized spacial score (nSPS) is 24.3. The van der Waals surface area contributed by atoms with Gasteiger partial charge in [-0.2, -0.15) is 4.98 Å². The number of oxazole rings is 1. The second-order valence-electron chi connectivity index (χ2n) is 7.52. The number of benzene rings is 1. The summed E-state index contributed by atoms with van der Waals surface area (Å²) in [6, 6.07) is 10.5. The summed E-state index contributed by atoms with van der Waals surface area (Å²) in [5, 5.41) is 10.5. The molecule has 1 aromatic carbocycles. The predicted octanol–water partition coefficient (Wildman–Crippen LogP) is 3.10. The summed E-state index contributed by atoms with van der Waals surface area (Å²) < 4.78 is 17.0. The van der Waals surface area contributed by atoms with Crippen LogP contribution in [0.2, 0.25) is 0 Å². The van der Waals surface area contributed by atoms with E-state index in [1.165, 1.54) is 6.26 Å². The maximum atomic E-state index is 11.8. The third-order valence-corrected chi connectivity index (χ3v) is 5.58. The van der Waals surface area contributed by atoms with E-state index >= 15 is 0 Å². The minimum atomic E-state index is -0.476. The first-order valence-electron chi connectivity index (χ1n) is 9.87. The number of esters is 1. The zero-order valence-corrected chi connectivity index (χ0v) is 16.0. The van der Waals surface area contributed by atoms with E-state index in [-0.39, 0.29) is 23.5 Å². The highest BCUT2D eigenvalue weighted by molar-refractivity contribution is 5.87. The fraction of sp³-hybridized carbons (Fsp3) is 0.524. The summed E-state index contributed by atoms with van der Waals surface area (Å²) in [5.41, 5.74) is 0.950. The molecule has 1 N–H and O–H groups in total. The van der Waals surface area contributed by atoms with Crippen LogP contribution in [-0.4, -0.2) is 47.5 Å². The Bertz CT molecular complexity index is 798. The summed E-state index contributed by atoms with van der Waals surface area (Å²) in [4.78, 5) is 18.0. The van der Waals surface area contributed by atoms with Gasteiger partial charge in [-0.3, -0.25) is 0 Å². The highest BCUT2D eigenvalue weighted by atomic mass is 16.5. The lowest BCUT2D eigenvalue weighted by Crippen LogP contribution is -2.51. The highest BCUT2D eigenvalue weighted by Crippen LogP contribution is 2.43. The zero-order chi connectivity index (χ0) is 19.6. The van der Waals surface area contributed by atoms with Crippen molar-refractivity contribution < 1.29 is 23.8 Å². The van der Waals surface area contributed by atoms with Crippen molar-refractivity contribution in [1.29, 1.82) is 0 Å². The Kier molecular flexibility index (Phi) is 5.37. The third kappa shape index (κ3) is 3.91. The fourth-order valence-corrected chi connectivity index (χ4v) is 4.17. The molecule has 0 radical (unpaired) electrons. The number of nitrogens with zero attached hydrogens (tertiary/aromatic N) is 2. The molecular formula is C21H26N2O5. The number of carbonyl (C=O) groups excluding carboxylic acids is 1. The van der Waals surface area contributed by atoms with Crippen molar-refractivity contribution in [1.82, 2.24) is 4.98 Å². The van der Waals surface area contributed by atoms with E-state index in [9.17, 15) is 9.90 Å². The summed E-state index contributed by atoms with van der Waals surface area (Å²) in [7, 11) is 0. The molecule has 2 aliphatic heterocycles. The lowest BCUT2D eigenvalue weighted by atomic mass is 9.81. The molecule has 2 fully saturated rings. The summed E-state index contributed by atoms with van der Waals surface area (Å²) >= 11 is 0. The monoisotopic (exact) mass is 386 g/mol. The van der Waals surface area contributed by atoms with Crippen LogP contribution in [0, 0.1) is 0 Å². The van der Waals surface area contributed by atoms with Gasteiger partial charge in [-0.15, -0.1) is 0 Å². The SMILES string of the molecule is CCOC(=O)c1coc(N2CCC3(CC2)C[C@@H](O)C[C@H](c2ccccc2)O3)n1. The van der Waals surface area contributed by atoms with Crippen molar-refractivity contribution in [2.75, 3.05) is 24.6 Å². The lowest BCUT2D eigenvalue weighted by Gasteiger charge is -2.47. The van der Waals surface area contributed by atoms with E-state index < -0.39 is 5.97 Å². The van der Waals surface area contributed by atoms with Crippen LogP contribution in [-0.2, 0) is 9.47 Å². The van der Waals surface area contributed by atoms with Crippen LogP contribution in [0.5, 0.6) is 0 Å². The predicted molar refractivity (Wildman–Crippen MR) is 102 cm³/mol. The van der Waals surface area contributed by atoms with Gasteiger partial charge in [0.15, 0.2) is 5.69 Å². The van der Waals surface area contributed by atoms with Crippen LogP contribution in [0.15, 0.2) is 41.0 Å². The molecule has 150 valence electrons. The van der Waals surface area contributed by atoms with Gasteiger partial charge in [-0.25, -0.2) is 4.79 Å². The molecule has 0 bridgehead atoms. The first kappa shape index (κ1) is 19.0. The average Bonchev–Trinajstić information content (AvgIpc) is 3.19. The Labute approximate surface area is 164 Å². The zero-order valence-electron chi connectivity index (χ0n) is 16.0. The van der Waals surface area contributed by atoms with E-state index in [1.54, 1.807) is 6.92 Å². The van der Waals surface area contributed by atoms with Gasteiger partial charge in [0, 0.05) is 25.9 Å². The van der Waals surface area contributed by atoms with Gasteiger partial charge < -0.3 is 23.9 Å². The van der Waals surface area contributed by atoms with Crippen LogP contribution in [0.25, 0.3) is 0 Å². The molecule has 0 aliphatic carbocycles. The number of ether oxygens (including phenoxy) is 2. The van der Waals surface area contributed by atoms with E-state index in [2.05, 4.69) is 17.1 Å². The molecule has 7 heteroatoms. The molecule has 7 nitrogen and oxygen atoms in total. The molecule has 1 aromatic heterocycles. The quantitative estimate of drug-likeness (QED) is 0.808. The number of carbonyl (C=O) groups is 1. The molecule has 1 spiro atoms. The maximum Gasteiger partial charge on any atom is 0.360 e. The average molecular weight is 386 g/mol. The van der Waals surface area contributed by atoms with Crippen molar-refractivity contribution in [3.05, 3.63) is 47.9 Å². The van der Waals surface area contributed by atoms with Crippen LogP contribution in [0.3, 0.4) is 0 Å². The van der Waals surface area contributed by atoms with Crippen LogP contribution >= 0.6 is 0 Å². The Morgan fingerprint density at radius 1 is 1.32 bits per heavy atom. The van der Waals surface area contributed by atoms with Crippen molar-refractivity contribution in [3.8, 4) is 0 Å². The summed E-state index contributed by atoms with van der Waals surface area (Å²) in [5.74, 6) is -0.476. The van der Waals surface area contributed by atoms with Crippen LogP contribution < -0.4 is 4.90 Å². The molecule has 2 aliphatic rings. The molecule has 2 aromatic rings. The van der Waals surface area contributed by atoms with E-state index in [0.29, 0.717) is 38.6 Å². The lowest BCUT2D eigenvalue weighted by molar-refractivity contribution is -0.173. The molecule has 4 rings (SSSR count). The number of hydrogen-bond acceptors (Lipinski definition) is 7. The topological polar surface area (TPSA) is 85.0 Å². The van der Waals surface area contributed by atoms with Gasteiger partial charge in [-0.1, -0.05) is 30.3 Å². The second kappa shape index (κ2) is 7.93. The molecule has 3 heterocycles. The van der Waals surface area contributed by atoms with Gasteiger partial charge in [0.2, 0.25) is 0 Å². The maximum absolute atomic E-state index is 11.8. The Balaban J connectivity index is 1.42. The van der Waals surface area contributed by atoms with Crippen LogP contribution in [0.4, 0.5) is 6.01 Å².